The van der Waals surface area contributed by atoms with E-state index in [0.717, 1.165) is 30.2 Å². The number of anilines is 1. The number of amides is 2. The lowest BCUT2D eigenvalue weighted by molar-refractivity contribution is 0.217. The fourth-order valence-electron chi connectivity index (χ4n) is 2.56. The second-order valence-corrected chi connectivity index (χ2v) is 5.08. The summed E-state index contributed by atoms with van der Waals surface area (Å²) in [4.78, 5) is 20.4. The van der Waals surface area contributed by atoms with Crippen LogP contribution >= 0.6 is 0 Å². The number of aryl methyl sites for hydroxylation is 2. The maximum atomic E-state index is 12.5. The van der Waals surface area contributed by atoms with Crippen molar-refractivity contribution in [3.8, 4) is 0 Å². The topological polar surface area (TPSA) is 41.4 Å². The molecule has 3 rings (SSSR count). The van der Waals surface area contributed by atoms with Gasteiger partial charge in [-0.05, 0) is 19.1 Å². The van der Waals surface area contributed by atoms with E-state index in [1.165, 1.54) is 0 Å². The summed E-state index contributed by atoms with van der Waals surface area (Å²) in [5.41, 5.74) is 3.04. The molecule has 1 saturated heterocycles. The van der Waals surface area contributed by atoms with Gasteiger partial charge < -0.3 is 9.47 Å². The number of nitrogens with zero attached hydrogens (tertiary/aromatic N) is 4. The maximum Gasteiger partial charge on any atom is 0.324 e. The van der Waals surface area contributed by atoms with Gasteiger partial charge in [0.1, 0.15) is 0 Å². The van der Waals surface area contributed by atoms with Crippen molar-refractivity contribution < 1.29 is 4.79 Å². The number of aromatic nitrogens is 2. The highest BCUT2D eigenvalue weighted by Crippen LogP contribution is 2.21. The molecule has 5 heteroatoms. The van der Waals surface area contributed by atoms with Crippen LogP contribution in [0.1, 0.15) is 11.4 Å². The average Bonchev–Trinajstić information content (AvgIpc) is 2.98. The first-order valence-electron chi connectivity index (χ1n) is 6.75. The Morgan fingerprint density at radius 2 is 1.95 bits per heavy atom. The van der Waals surface area contributed by atoms with Crippen molar-refractivity contribution in [2.45, 2.75) is 13.5 Å². The Balaban J connectivity index is 1.77. The van der Waals surface area contributed by atoms with Crippen LogP contribution in [0, 0.1) is 6.92 Å². The molecule has 0 N–H and O–H groups in total. The number of para-hydroxylation sites is 1. The third-order valence-corrected chi connectivity index (χ3v) is 3.77. The zero-order valence-electron chi connectivity index (χ0n) is 11.8. The largest absolute Gasteiger partial charge is 0.336 e. The van der Waals surface area contributed by atoms with Crippen LogP contribution in [-0.2, 0) is 13.6 Å². The summed E-state index contributed by atoms with van der Waals surface area (Å²) in [7, 11) is 1.96. The van der Waals surface area contributed by atoms with E-state index in [0.29, 0.717) is 6.54 Å². The summed E-state index contributed by atoms with van der Waals surface area (Å²) in [6, 6.07) is 9.87. The second kappa shape index (κ2) is 5.00. The molecule has 2 amide bonds. The van der Waals surface area contributed by atoms with Gasteiger partial charge in [0.05, 0.1) is 24.3 Å². The van der Waals surface area contributed by atoms with Crippen LogP contribution in [0.15, 0.2) is 36.7 Å². The Kier molecular flexibility index (Phi) is 3.18. The molecule has 1 aromatic heterocycles. The molecular formula is C15H18N4O. The van der Waals surface area contributed by atoms with Crippen LogP contribution < -0.4 is 4.90 Å². The number of hydrogen-bond acceptors (Lipinski definition) is 2. The van der Waals surface area contributed by atoms with Gasteiger partial charge in [0.15, 0.2) is 0 Å². The fraction of sp³-hybridized carbons (Fsp3) is 0.333. The van der Waals surface area contributed by atoms with Crippen LogP contribution in [0.2, 0.25) is 0 Å². The maximum absolute atomic E-state index is 12.5. The summed E-state index contributed by atoms with van der Waals surface area (Å²) >= 11 is 0. The molecule has 0 bridgehead atoms. The number of carbonyl (C=O) groups excluding carboxylic acids is 1. The molecule has 2 heterocycles. The third-order valence-electron chi connectivity index (χ3n) is 3.77. The van der Waals surface area contributed by atoms with Crippen LogP contribution in [-0.4, -0.2) is 33.6 Å². The Hall–Kier alpha value is -2.30. The average molecular weight is 270 g/mol. The van der Waals surface area contributed by atoms with Crippen LogP contribution in [0.5, 0.6) is 0 Å². The quantitative estimate of drug-likeness (QED) is 0.857. The molecule has 0 unspecified atom stereocenters. The molecule has 0 aliphatic carbocycles. The minimum absolute atomic E-state index is 0.0665. The highest BCUT2D eigenvalue weighted by molar-refractivity contribution is 5.94. The van der Waals surface area contributed by atoms with E-state index in [4.69, 9.17) is 0 Å². The molecule has 20 heavy (non-hydrogen) atoms. The van der Waals surface area contributed by atoms with Gasteiger partial charge in [0.2, 0.25) is 0 Å². The van der Waals surface area contributed by atoms with E-state index in [9.17, 15) is 4.79 Å². The summed E-state index contributed by atoms with van der Waals surface area (Å²) in [5.74, 6) is 0. The predicted octanol–water partition coefficient (Wildman–Crippen LogP) is 2.17. The number of rotatable bonds is 3. The van der Waals surface area contributed by atoms with E-state index >= 15 is 0 Å². The first kappa shape index (κ1) is 12.7. The van der Waals surface area contributed by atoms with Gasteiger partial charge >= 0.3 is 6.03 Å². The van der Waals surface area contributed by atoms with Crippen molar-refractivity contribution in [3.63, 3.8) is 0 Å². The van der Waals surface area contributed by atoms with Crippen molar-refractivity contribution in [3.05, 3.63) is 48.0 Å². The lowest BCUT2D eigenvalue weighted by atomic mass is 10.3. The van der Waals surface area contributed by atoms with E-state index in [1.54, 1.807) is 6.33 Å². The molecule has 0 radical (unpaired) electrons. The zero-order chi connectivity index (χ0) is 14.1. The van der Waals surface area contributed by atoms with Crippen molar-refractivity contribution in [2.24, 2.45) is 7.05 Å². The fourth-order valence-corrected chi connectivity index (χ4v) is 2.56. The minimum atomic E-state index is 0.0665. The molecule has 5 nitrogen and oxygen atoms in total. The SMILES string of the molecule is Cc1ncn(C)c1CN1CCN(c2ccccc2)C1=O. The third kappa shape index (κ3) is 2.15. The van der Waals surface area contributed by atoms with E-state index < -0.39 is 0 Å². The molecule has 1 fully saturated rings. The van der Waals surface area contributed by atoms with Crippen LogP contribution in [0.25, 0.3) is 0 Å². The smallest absolute Gasteiger partial charge is 0.324 e. The first-order chi connectivity index (χ1) is 9.66. The standard InChI is InChI=1S/C15H18N4O/c1-12-14(17(2)11-16-12)10-18-8-9-19(15(18)20)13-6-4-3-5-7-13/h3-7,11H,8-10H2,1-2H3. The van der Waals surface area contributed by atoms with E-state index in [2.05, 4.69) is 4.98 Å². The molecule has 1 aliphatic heterocycles. The molecule has 0 atom stereocenters. The Morgan fingerprint density at radius 3 is 2.60 bits per heavy atom. The second-order valence-electron chi connectivity index (χ2n) is 5.08. The lowest BCUT2D eigenvalue weighted by Crippen LogP contribution is -2.32. The van der Waals surface area contributed by atoms with E-state index in [-0.39, 0.29) is 6.03 Å². The van der Waals surface area contributed by atoms with Gasteiger partial charge in [-0.2, -0.15) is 0 Å². The molecule has 1 aliphatic rings. The number of imidazole rings is 1. The molecule has 104 valence electrons. The predicted molar refractivity (Wildman–Crippen MR) is 77.5 cm³/mol. The lowest BCUT2D eigenvalue weighted by Gasteiger charge is -2.19. The summed E-state index contributed by atoms with van der Waals surface area (Å²) in [6.45, 7) is 4.08. The van der Waals surface area contributed by atoms with Crippen molar-refractivity contribution in [1.82, 2.24) is 14.5 Å². The van der Waals surface area contributed by atoms with Crippen molar-refractivity contribution in [1.29, 1.82) is 0 Å². The highest BCUT2D eigenvalue weighted by Gasteiger charge is 2.30. The number of carbonyl (C=O) groups is 1. The van der Waals surface area contributed by atoms with Crippen molar-refractivity contribution in [2.75, 3.05) is 18.0 Å². The van der Waals surface area contributed by atoms with Gasteiger partial charge in [-0.3, -0.25) is 4.90 Å². The summed E-state index contributed by atoms with van der Waals surface area (Å²) < 4.78 is 1.98. The summed E-state index contributed by atoms with van der Waals surface area (Å²) in [5, 5.41) is 0. The monoisotopic (exact) mass is 270 g/mol. The van der Waals surface area contributed by atoms with E-state index in [1.807, 2.05) is 58.7 Å². The van der Waals surface area contributed by atoms with Crippen molar-refractivity contribution >= 4 is 11.7 Å². The Morgan fingerprint density at radius 1 is 1.20 bits per heavy atom. The van der Waals surface area contributed by atoms with Gasteiger partial charge in [-0.25, -0.2) is 9.78 Å². The number of hydrogen-bond donors (Lipinski definition) is 0. The van der Waals surface area contributed by atoms with Crippen LogP contribution in [0.3, 0.4) is 0 Å². The number of benzene rings is 1. The Bertz CT molecular complexity index is 601. The Labute approximate surface area is 118 Å². The summed E-state index contributed by atoms with van der Waals surface area (Å²) in [6.07, 6.45) is 1.79. The normalized spacial score (nSPS) is 15.2. The highest BCUT2D eigenvalue weighted by atomic mass is 16.2. The molecule has 0 saturated carbocycles. The first-order valence-corrected chi connectivity index (χ1v) is 6.75. The van der Waals surface area contributed by atoms with Gasteiger partial charge in [0.25, 0.3) is 0 Å². The van der Waals surface area contributed by atoms with Gasteiger partial charge in [-0.1, -0.05) is 18.2 Å². The molecular weight excluding hydrogens is 252 g/mol. The molecule has 1 aromatic carbocycles. The molecule has 0 spiro atoms. The number of urea groups is 1. The minimum Gasteiger partial charge on any atom is -0.336 e. The van der Waals surface area contributed by atoms with Crippen LogP contribution in [0.4, 0.5) is 10.5 Å². The van der Waals surface area contributed by atoms with Gasteiger partial charge in [0, 0.05) is 25.8 Å². The molecule has 2 aromatic rings. The zero-order valence-corrected chi connectivity index (χ0v) is 11.8. The van der Waals surface area contributed by atoms with Gasteiger partial charge in [-0.15, -0.1) is 0 Å².